The van der Waals surface area contributed by atoms with E-state index in [-0.39, 0.29) is 18.0 Å². The van der Waals surface area contributed by atoms with E-state index in [1.165, 1.54) is 0 Å². The number of nitrogens with one attached hydrogen (secondary N) is 1. The molecule has 0 heterocycles. The lowest BCUT2D eigenvalue weighted by atomic mass is 10.1. The summed E-state index contributed by atoms with van der Waals surface area (Å²) < 4.78 is 0. The van der Waals surface area contributed by atoms with Crippen molar-refractivity contribution in [3.63, 3.8) is 0 Å². The molecule has 2 atom stereocenters. The second kappa shape index (κ2) is 4.77. The lowest BCUT2D eigenvalue weighted by Gasteiger charge is -2.17. The van der Waals surface area contributed by atoms with E-state index in [9.17, 15) is 4.79 Å². The van der Waals surface area contributed by atoms with E-state index < -0.39 is 0 Å². The molecular weight excluding hydrogens is 176 g/mol. The van der Waals surface area contributed by atoms with Crippen molar-refractivity contribution in [3.05, 3.63) is 35.9 Å². The molecule has 0 fully saturated rings. The number of amides is 1. The summed E-state index contributed by atoms with van der Waals surface area (Å²) in [5.74, 6) is -0.326. The zero-order chi connectivity index (χ0) is 10.6. The van der Waals surface area contributed by atoms with Gasteiger partial charge in [-0.1, -0.05) is 30.3 Å². The Morgan fingerprint density at radius 3 is 2.36 bits per heavy atom. The smallest absolute Gasteiger partial charge is 0.234 e. The highest BCUT2D eigenvalue weighted by Gasteiger charge is 2.12. The van der Waals surface area contributed by atoms with E-state index in [0.717, 1.165) is 5.56 Å². The van der Waals surface area contributed by atoms with E-state index in [1.807, 2.05) is 37.3 Å². The Labute approximate surface area is 84.3 Å². The summed E-state index contributed by atoms with van der Waals surface area (Å²) in [7, 11) is 0. The van der Waals surface area contributed by atoms with Crippen LogP contribution in [0.15, 0.2) is 30.3 Å². The minimum absolute atomic E-state index is 0.138. The average Bonchev–Trinajstić information content (AvgIpc) is 2.19. The molecule has 0 spiro atoms. The number of rotatable bonds is 4. The highest BCUT2D eigenvalue weighted by atomic mass is 16.1. The quantitative estimate of drug-likeness (QED) is 0.753. The molecule has 0 aromatic heterocycles. The van der Waals surface area contributed by atoms with Crippen LogP contribution in [0.2, 0.25) is 0 Å². The van der Waals surface area contributed by atoms with Crippen molar-refractivity contribution >= 4 is 5.91 Å². The number of carbonyl (C=O) groups excluding carboxylic acids is 1. The van der Waals surface area contributed by atoms with Gasteiger partial charge in [0.1, 0.15) is 0 Å². The Hall–Kier alpha value is -1.35. The Bertz CT molecular complexity index is 297. The minimum atomic E-state index is -0.326. The fourth-order valence-corrected chi connectivity index (χ4v) is 1.30. The van der Waals surface area contributed by atoms with Gasteiger partial charge in [0.25, 0.3) is 0 Å². The SMILES string of the molecule is CC(N[C@H](C)C(N)=O)c1ccccc1. The molecular formula is C11H16N2O. The molecule has 76 valence electrons. The molecule has 3 heteroatoms. The van der Waals surface area contributed by atoms with Gasteiger partial charge in [-0.25, -0.2) is 0 Å². The van der Waals surface area contributed by atoms with Crippen LogP contribution in [0, 0.1) is 0 Å². The second-order valence-electron chi connectivity index (χ2n) is 3.42. The van der Waals surface area contributed by atoms with Crippen molar-refractivity contribution in [2.24, 2.45) is 5.73 Å². The van der Waals surface area contributed by atoms with Crippen molar-refractivity contribution in [2.75, 3.05) is 0 Å². The van der Waals surface area contributed by atoms with Gasteiger partial charge in [0.15, 0.2) is 0 Å². The van der Waals surface area contributed by atoms with Gasteiger partial charge < -0.3 is 5.73 Å². The Balaban J connectivity index is 2.59. The van der Waals surface area contributed by atoms with Crippen LogP contribution < -0.4 is 11.1 Å². The Kier molecular flexibility index (Phi) is 3.65. The Morgan fingerprint density at radius 1 is 1.29 bits per heavy atom. The van der Waals surface area contributed by atoms with Gasteiger partial charge in [-0.2, -0.15) is 0 Å². The lowest BCUT2D eigenvalue weighted by Crippen LogP contribution is -2.39. The maximum atomic E-state index is 10.8. The molecule has 3 nitrogen and oxygen atoms in total. The lowest BCUT2D eigenvalue weighted by molar-refractivity contribution is -0.119. The third-order valence-electron chi connectivity index (χ3n) is 2.23. The third-order valence-corrected chi connectivity index (χ3v) is 2.23. The van der Waals surface area contributed by atoms with E-state index in [1.54, 1.807) is 6.92 Å². The third kappa shape index (κ3) is 2.85. The molecule has 0 bridgehead atoms. The van der Waals surface area contributed by atoms with Gasteiger partial charge >= 0.3 is 0 Å². The van der Waals surface area contributed by atoms with Crippen LogP contribution in [0.3, 0.4) is 0 Å². The van der Waals surface area contributed by atoms with Crippen molar-refractivity contribution in [3.8, 4) is 0 Å². The topological polar surface area (TPSA) is 55.1 Å². The summed E-state index contributed by atoms with van der Waals surface area (Å²) in [5.41, 5.74) is 6.31. The van der Waals surface area contributed by atoms with Crippen LogP contribution in [-0.2, 0) is 4.79 Å². The van der Waals surface area contributed by atoms with E-state index in [4.69, 9.17) is 5.73 Å². The molecule has 0 aliphatic rings. The monoisotopic (exact) mass is 192 g/mol. The van der Waals surface area contributed by atoms with Crippen molar-refractivity contribution in [1.29, 1.82) is 0 Å². The molecule has 1 unspecified atom stereocenters. The molecule has 0 saturated heterocycles. The van der Waals surface area contributed by atoms with Gasteiger partial charge in [-0.15, -0.1) is 0 Å². The van der Waals surface area contributed by atoms with E-state index in [0.29, 0.717) is 0 Å². The zero-order valence-corrected chi connectivity index (χ0v) is 8.53. The van der Waals surface area contributed by atoms with Crippen LogP contribution >= 0.6 is 0 Å². The van der Waals surface area contributed by atoms with E-state index >= 15 is 0 Å². The molecule has 14 heavy (non-hydrogen) atoms. The number of nitrogens with two attached hydrogens (primary N) is 1. The standard InChI is InChI=1S/C11H16N2O/c1-8(13-9(2)11(12)14)10-6-4-3-5-7-10/h3-9,13H,1-2H3,(H2,12,14)/t8?,9-/m1/s1. The summed E-state index contributed by atoms with van der Waals surface area (Å²) in [4.78, 5) is 10.8. The van der Waals surface area contributed by atoms with Crippen molar-refractivity contribution in [2.45, 2.75) is 25.9 Å². The summed E-state index contributed by atoms with van der Waals surface area (Å²) in [5, 5.41) is 3.12. The first kappa shape index (κ1) is 10.7. The predicted octanol–water partition coefficient (Wildman–Crippen LogP) is 1.21. The molecule has 0 aliphatic carbocycles. The first-order valence-corrected chi connectivity index (χ1v) is 4.71. The summed E-state index contributed by atoms with van der Waals surface area (Å²) in [6, 6.07) is 9.79. The first-order chi connectivity index (χ1) is 6.61. The van der Waals surface area contributed by atoms with Crippen LogP contribution in [-0.4, -0.2) is 11.9 Å². The van der Waals surface area contributed by atoms with Gasteiger partial charge in [0.2, 0.25) is 5.91 Å². The summed E-state index contributed by atoms with van der Waals surface area (Å²) in [6.07, 6.45) is 0. The predicted molar refractivity (Wildman–Crippen MR) is 56.6 cm³/mol. The minimum Gasteiger partial charge on any atom is -0.368 e. The molecule has 1 amide bonds. The van der Waals surface area contributed by atoms with Crippen molar-refractivity contribution in [1.82, 2.24) is 5.32 Å². The van der Waals surface area contributed by atoms with Gasteiger partial charge in [0, 0.05) is 6.04 Å². The molecule has 1 aromatic carbocycles. The van der Waals surface area contributed by atoms with Crippen LogP contribution in [0.5, 0.6) is 0 Å². The highest BCUT2D eigenvalue weighted by molar-refractivity contribution is 5.79. The maximum absolute atomic E-state index is 10.8. The fourth-order valence-electron chi connectivity index (χ4n) is 1.30. The highest BCUT2D eigenvalue weighted by Crippen LogP contribution is 2.11. The number of benzene rings is 1. The molecule has 0 saturated carbocycles. The van der Waals surface area contributed by atoms with Gasteiger partial charge in [0.05, 0.1) is 6.04 Å². The Morgan fingerprint density at radius 2 is 1.86 bits per heavy atom. The molecule has 1 aromatic rings. The fraction of sp³-hybridized carbons (Fsp3) is 0.364. The van der Waals surface area contributed by atoms with Crippen LogP contribution in [0.25, 0.3) is 0 Å². The van der Waals surface area contributed by atoms with Gasteiger partial charge in [-0.3, -0.25) is 10.1 Å². The zero-order valence-electron chi connectivity index (χ0n) is 8.53. The van der Waals surface area contributed by atoms with Gasteiger partial charge in [-0.05, 0) is 19.4 Å². The molecule has 0 aliphatic heterocycles. The largest absolute Gasteiger partial charge is 0.368 e. The molecule has 3 N–H and O–H groups in total. The molecule has 1 rings (SSSR count). The maximum Gasteiger partial charge on any atom is 0.234 e. The van der Waals surface area contributed by atoms with Crippen LogP contribution in [0.4, 0.5) is 0 Å². The molecule has 0 radical (unpaired) electrons. The second-order valence-corrected chi connectivity index (χ2v) is 3.42. The number of hydrogen-bond donors (Lipinski definition) is 2. The van der Waals surface area contributed by atoms with Crippen molar-refractivity contribution < 1.29 is 4.79 Å². The first-order valence-electron chi connectivity index (χ1n) is 4.71. The summed E-state index contributed by atoms with van der Waals surface area (Å²) in [6.45, 7) is 3.77. The number of primary amides is 1. The average molecular weight is 192 g/mol. The normalized spacial score (nSPS) is 14.7. The van der Waals surface area contributed by atoms with E-state index in [2.05, 4.69) is 5.32 Å². The summed E-state index contributed by atoms with van der Waals surface area (Å²) >= 11 is 0. The van der Waals surface area contributed by atoms with Crippen LogP contribution in [0.1, 0.15) is 25.5 Å². The number of hydrogen-bond acceptors (Lipinski definition) is 2. The number of carbonyl (C=O) groups is 1.